The quantitative estimate of drug-likeness (QED) is 0.470. The summed E-state index contributed by atoms with van der Waals surface area (Å²) in [5.74, 6) is 3.46. The van der Waals surface area contributed by atoms with E-state index >= 15 is 0 Å². The van der Waals surface area contributed by atoms with Gasteiger partial charge in [0.15, 0.2) is 0 Å². The zero-order valence-electron chi connectivity index (χ0n) is 15.3. The molecule has 2 N–H and O–H groups in total. The van der Waals surface area contributed by atoms with Crippen molar-refractivity contribution in [2.75, 3.05) is 10.6 Å². The minimum Gasteiger partial charge on any atom is -0.457 e. The minimum atomic E-state index is 0.491. The maximum atomic E-state index is 5.82. The molecule has 0 bridgehead atoms. The van der Waals surface area contributed by atoms with Gasteiger partial charge in [0, 0.05) is 23.6 Å². The van der Waals surface area contributed by atoms with Gasteiger partial charge < -0.3 is 15.4 Å². The molecule has 2 heterocycles. The summed E-state index contributed by atoms with van der Waals surface area (Å²) in [7, 11) is 0. The summed E-state index contributed by atoms with van der Waals surface area (Å²) in [6, 6.07) is 24.9. The molecular weight excluding hydrogens is 350 g/mol. The zero-order chi connectivity index (χ0) is 19.2. The molecule has 0 unspecified atom stereocenters. The molecule has 0 aliphatic rings. The van der Waals surface area contributed by atoms with E-state index in [0.717, 1.165) is 22.9 Å². The van der Waals surface area contributed by atoms with Crippen molar-refractivity contribution in [2.24, 2.45) is 0 Å². The van der Waals surface area contributed by atoms with Gasteiger partial charge in [0.05, 0.1) is 0 Å². The van der Waals surface area contributed by atoms with Gasteiger partial charge in [-0.15, -0.1) is 0 Å². The number of aryl methyl sites for hydroxylation is 1. The second-order valence-corrected chi connectivity index (χ2v) is 6.12. The summed E-state index contributed by atoms with van der Waals surface area (Å²) in [6.07, 6.45) is 1.72. The van der Waals surface area contributed by atoms with E-state index in [0.29, 0.717) is 17.6 Å². The van der Waals surface area contributed by atoms with Gasteiger partial charge in [-0.05, 0) is 55.5 Å². The summed E-state index contributed by atoms with van der Waals surface area (Å²) < 4.78 is 5.82. The SMILES string of the molecule is Cc1cc(Nc2ccc(Oc3ccccc3)cc2)nc(Nc2ccccn2)n1. The van der Waals surface area contributed by atoms with Crippen LogP contribution in [0.4, 0.5) is 23.3 Å². The number of hydrogen-bond acceptors (Lipinski definition) is 6. The minimum absolute atomic E-state index is 0.491. The molecule has 2 aromatic heterocycles. The molecule has 0 amide bonds. The fourth-order valence-electron chi connectivity index (χ4n) is 2.62. The first kappa shape index (κ1) is 17.5. The Morgan fingerprint density at radius 3 is 2.21 bits per heavy atom. The van der Waals surface area contributed by atoms with E-state index in [1.165, 1.54) is 0 Å². The average Bonchev–Trinajstić information content (AvgIpc) is 2.71. The maximum absolute atomic E-state index is 5.82. The summed E-state index contributed by atoms with van der Waals surface area (Å²) in [5.41, 5.74) is 1.75. The van der Waals surface area contributed by atoms with Gasteiger partial charge in [0.25, 0.3) is 0 Å². The number of aromatic nitrogens is 3. The van der Waals surface area contributed by atoms with E-state index in [-0.39, 0.29) is 0 Å². The molecule has 0 fully saturated rings. The highest BCUT2D eigenvalue weighted by Crippen LogP contribution is 2.24. The Bertz CT molecular complexity index is 1040. The Morgan fingerprint density at radius 1 is 0.714 bits per heavy atom. The van der Waals surface area contributed by atoms with Crippen molar-refractivity contribution in [1.82, 2.24) is 15.0 Å². The van der Waals surface area contributed by atoms with Gasteiger partial charge in [-0.3, -0.25) is 0 Å². The summed E-state index contributed by atoms with van der Waals surface area (Å²) in [5, 5.41) is 6.41. The Hall–Kier alpha value is -3.93. The Balaban J connectivity index is 1.46. The Kier molecular flexibility index (Phi) is 5.11. The lowest BCUT2D eigenvalue weighted by Crippen LogP contribution is -2.03. The fourth-order valence-corrected chi connectivity index (χ4v) is 2.62. The van der Waals surface area contributed by atoms with Gasteiger partial charge in [-0.1, -0.05) is 24.3 Å². The van der Waals surface area contributed by atoms with Gasteiger partial charge in [-0.25, -0.2) is 9.97 Å². The number of hydrogen-bond donors (Lipinski definition) is 2. The number of anilines is 4. The predicted octanol–water partition coefficient (Wildman–Crippen LogP) is 5.46. The summed E-state index contributed by atoms with van der Waals surface area (Å²) in [4.78, 5) is 13.2. The molecule has 4 rings (SSSR count). The monoisotopic (exact) mass is 369 g/mol. The highest BCUT2D eigenvalue weighted by atomic mass is 16.5. The highest BCUT2D eigenvalue weighted by molar-refractivity contribution is 5.60. The van der Waals surface area contributed by atoms with Crippen LogP contribution in [0.5, 0.6) is 11.5 Å². The predicted molar refractivity (Wildman–Crippen MR) is 111 cm³/mol. The number of ether oxygens (including phenoxy) is 1. The van der Waals surface area contributed by atoms with Gasteiger partial charge >= 0.3 is 0 Å². The molecule has 0 atom stereocenters. The molecule has 0 aliphatic heterocycles. The molecular formula is C22H19N5O. The van der Waals surface area contributed by atoms with Crippen LogP contribution in [-0.4, -0.2) is 15.0 Å². The molecule has 0 saturated heterocycles. The first-order chi connectivity index (χ1) is 13.7. The smallest absolute Gasteiger partial charge is 0.230 e. The second kappa shape index (κ2) is 8.18. The van der Waals surface area contributed by atoms with Crippen molar-refractivity contribution in [3.05, 3.63) is 90.8 Å². The van der Waals surface area contributed by atoms with Crippen molar-refractivity contribution < 1.29 is 4.74 Å². The highest BCUT2D eigenvalue weighted by Gasteiger charge is 2.05. The van der Waals surface area contributed by atoms with Crippen LogP contribution in [0, 0.1) is 6.92 Å². The lowest BCUT2D eigenvalue weighted by molar-refractivity contribution is 0.483. The number of rotatable bonds is 6. The number of pyridine rings is 1. The van der Waals surface area contributed by atoms with Gasteiger partial charge in [0.1, 0.15) is 23.1 Å². The van der Waals surface area contributed by atoms with Crippen LogP contribution < -0.4 is 15.4 Å². The van der Waals surface area contributed by atoms with Crippen LogP contribution in [0.3, 0.4) is 0 Å². The van der Waals surface area contributed by atoms with Crippen LogP contribution in [0.1, 0.15) is 5.69 Å². The van der Waals surface area contributed by atoms with E-state index < -0.39 is 0 Å². The first-order valence-corrected chi connectivity index (χ1v) is 8.88. The molecule has 0 saturated carbocycles. The third-order valence-corrected chi connectivity index (χ3v) is 3.86. The van der Waals surface area contributed by atoms with Crippen molar-refractivity contribution in [1.29, 1.82) is 0 Å². The molecule has 28 heavy (non-hydrogen) atoms. The standard InChI is InChI=1S/C22H19N5O/c1-16-15-21(27-22(24-16)26-20-9-5-6-14-23-20)25-17-10-12-19(13-11-17)28-18-7-3-2-4-8-18/h2-15H,1H3,(H2,23,24,25,26,27). The van der Waals surface area contributed by atoms with Crippen LogP contribution in [-0.2, 0) is 0 Å². The van der Waals surface area contributed by atoms with Crippen molar-refractivity contribution in [2.45, 2.75) is 6.92 Å². The molecule has 2 aromatic carbocycles. The summed E-state index contributed by atoms with van der Waals surface area (Å²) in [6.45, 7) is 1.92. The molecule has 0 radical (unpaired) electrons. The van der Waals surface area contributed by atoms with E-state index in [1.807, 2.05) is 85.8 Å². The van der Waals surface area contributed by atoms with E-state index in [1.54, 1.807) is 6.20 Å². The number of para-hydroxylation sites is 1. The molecule has 6 nitrogen and oxygen atoms in total. The number of nitrogens with zero attached hydrogens (tertiary/aromatic N) is 3. The molecule has 6 heteroatoms. The van der Waals surface area contributed by atoms with Gasteiger partial charge in [-0.2, -0.15) is 4.98 Å². The topological polar surface area (TPSA) is 72.0 Å². The van der Waals surface area contributed by atoms with Crippen molar-refractivity contribution in [3.63, 3.8) is 0 Å². The average molecular weight is 369 g/mol. The Morgan fingerprint density at radius 2 is 1.46 bits per heavy atom. The van der Waals surface area contributed by atoms with Crippen LogP contribution in [0.15, 0.2) is 85.1 Å². The molecule has 138 valence electrons. The second-order valence-electron chi connectivity index (χ2n) is 6.12. The van der Waals surface area contributed by atoms with Crippen LogP contribution in [0.2, 0.25) is 0 Å². The van der Waals surface area contributed by atoms with E-state index in [4.69, 9.17) is 4.74 Å². The van der Waals surface area contributed by atoms with Crippen molar-refractivity contribution >= 4 is 23.3 Å². The fraction of sp³-hybridized carbons (Fsp3) is 0.0455. The molecule has 4 aromatic rings. The maximum Gasteiger partial charge on any atom is 0.230 e. The van der Waals surface area contributed by atoms with Gasteiger partial charge in [0.2, 0.25) is 5.95 Å². The normalized spacial score (nSPS) is 10.3. The first-order valence-electron chi connectivity index (χ1n) is 8.88. The number of nitrogens with one attached hydrogen (secondary N) is 2. The summed E-state index contributed by atoms with van der Waals surface area (Å²) >= 11 is 0. The third-order valence-electron chi connectivity index (χ3n) is 3.86. The number of benzene rings is 2. The lowest BCUT2D eigenvalue weighted by atomic mass is 10.3. The van der Waals surface area contributed by atoms with E-state index in [9.17, 15) is 0 Å². The largest absolute Gasteiger partial charge is 0.457 e. The molecule has 0 aliphatic carbocycles. The zero-order valence-corrected chi connectivity index (χ0v) is 15.3. The van der Waals surface area contributed by atoms with Crippen LogP contribution in [0.25, 0.3) is 0 Å². The van der Waals surface area contributed by atoms with Crippen molar-refractivity contribution in [3.8, 4) is 11.5 Å². The third kappa shape index (κ3) is 4.62. The Labute approximate surface area is 163 Å². The molecule has 0 spiro atoms. The van der Waals surface area contributed by atoms with Crippen LogP contribution >= 0.6 is 0 Å². The lowest BCUT2D eigenvalue weighted by Gasteiger charge is -2.10. The van der Waals surface area contributed by atoms with E-state index in [2.05, 4.69) is 25.6 Å².